The number of sulfonamides is 1. The number of pyridine rings is 1. The van der Waals surface area contributed by atoms with Crippen LogP contribution in [0.2, 0.25) is 0 Å². The molecule has 0 radical (unpaired) electrons. The Morgan fingerprint density at radius 3 is 2.67 bits per heavy atom. The Morgan fingerprint density at radius 2 is 2.00 bits per heavy atom. The van der Waals surface area contributed by atoms with Crippen molar-refractivity contribution in [2.75, 3.05) is 33.2 Å². The third-order valence-electron chi connectivity index (χ3n) is 2.98. The number of hydrogen-bond acceptors (Lipinski definition) is 4. The molecule has 1 aromatic rings. The van der Waals surface area contributed by atoms with Crippen LogP contribution in [-0.4, -0.2) is 55.8 Å². The van der Waals surface area contributed by atoms with Gasteiger partial charge in [0, 0.05) is 30.3 Å². The molecule has 0 amide bonds. The van der Waals surface area contributed by atoms with Gasteiger partial charge in [-0.15, -0.1) is 0 Å². The van der Waals surface area contributed by atoms with Gasteiger partial charge in [0.2, 0.25) is 0 Å². The fraction of sp³-hybridized carbons (Fsp3) is 0.545. The Bertz CT molecular complexity index is 504. The molecule has 2 rings (SSSR count). The van der Waals surface area contributed by atoms with Gasteiger partial charge in [-0.1, -0.05) is 0 Å². The van der Waals surface area contributed by atoms with Crippen LogP contribution in [0.3, 0.4) is 0 Å². The number of rotatable bonds is 2. The zero-order chi connectivity index (χ0) is 13.2. The van der Waals surface area contributed by atoms with Crippen LogP contribution in [0.25, 0.3) is 0 Å². The molecule has 2 heterocycles. The Morgan fingerprint density at radius 1 is 1.22 bits per heavy atom. The van der Waals surface area contributed by atoms with Crippen molar-refractivity contribution < 1.29 is 8.42 Å². The van der Waals surface area contributed by atoms with Crippen LogP contribution in [-0.2, 0) is 10.0 Å². The van der Waals surface area contributed by atoms with Crippen molar-refractivity contribution >= 4 is 26.0 Å². The summed E-state index contributed by atoms with van der Waals surface area (Å²) in [4.78, 5) is 6.13. The van der Waals surface area contributed by atoms with Crippen molar-refractivity contribution in [1.29, 1.82) is 0 Å². The van der Waals surface area contributed by atoms with Gasteiger partial charge in [0.05, 0.1) is 0 Å². The Hall–Kier alpha value is -0.500. The van der Waals surface area contributed by atoms with Crippen LogP contribution in [0.15, 0.2) is 27.8 Å². The third kappa shape index (κ3) is 3.09. The minimum Gasteiger partial charge on any atom is -0.305 e. The van der Waals surface area contributed by atoms with Crippen molar-refractivity contribution in [3.05, 3.63) is 22.8 Å². The number of halogens is 1. The Kier molecular flexibility index (Phi) is 4.37. The minimum atomic E-state index is -3.45. The third-order valence-corrected chi connectivity index (χ3v) is 5.27. The van der Waals surface area contributed by atoms with E-state index >= 15 is 0 Å². The highest BCUT2D eigenvalue weighted by Crippen LogP contribution is 2.17. The zero-order valence-corrected chi connectivity index (χ0v) is 12.6. The lowest BCUT2D eigenvalue weighted by atomic mass is 10.4. The molecule has 5 nitrogen and oxygen atoms in total. The van der Waals surface area contributed by atoms with Gasteiger partial charge in [-0.2, -0.15) is 4.31 Å². The SMILES string of the molecule is CN1CCCN(S(=O)(=O)c2ccc(Br)cn2)CC1. The maximum Gasteiger partial charge on any atom is 0.260 e. The number of hydrogen-bond donors (Lipinski definition) is 0. The van der Waals surface area contributed by atoms with Gasteiger partial charge in [0.1, 0.15) is 0 Å². The van der Waals surface area contributed by atoms with Crippen molar-refractivity contribution in [3.8, 4) is 0 Å². The predicted molar refractivity (Wildman–Crippen MR) is 72.8 cm³/mol. The first kappa shape index (κ1) is 13.9. The van der Waals surface area contributed by atoms with E-state index < -0.39 is 10.0 Å². The fourth-order valence-corrected chi connectivity index (χ4v) is 3.53. The molecule has 7 heteroatoms. The highest BCUT2D eigenvalue weighted by atomic mass is 79.9. The lowest BCUT2D eigenvalue weighted by Crippen LogP contribution is -2.34. The van der Waals surface area contributed by atoms with Gasteiger partial charge >= 0.3 is 0 Å². The maximum absolute atomic E-state index is 12.4. The molecule has 1 aliphatic rings. The molecule has 0 aliphatic carbocycles. The van der Waals surface area contributed by atoms with E-state index in [9.17, 15) is 8.42 Å². The molecule has 1 aromatic heterocycles. The van der Waals surface area contributed by atoms with Gasteiger partial charge in [-0.25, -0.2) is 13.4 Å². The number of nitrogens with zero attached hydrogens (tertiary/aromatic N) is 3. The molecule has 0 N–H and O–H groups in total. The van der Waals surface area contributed by atoms with Gasteiger partial charge in [0.15, 0.2) is 5.03 Å². The summed E-state index contributed by atoms with van der Waals surface area (Å²) in [6.45, 7) is 2.77. The molecule has 1 fully saturated rings. The first-order chi connectivity index (χ1) is 8.50. The summed E-state index contributed by atoms with van der Waals surface area (Å²) in [7, 11) is -1.44. The maximum atomic E-state index is 12.4. The smallest absolute Gasteiger partial charge is 0.260 e. The molecule has 0 bridgehead atoms. The summed E-state index contributed by atoms with van der Waals surface area (Å²) in [6, 6.07) is 3.23. The molecule has 1 saturated heterocycles. The van der Waals surface area contributed by atoms with Gasteiger partial charge in [-0.05, 0) is 48.1 Å². The largest absolute Gasteiger partial charge is 0.305 e. The Labute approximate surface area is 116 Å². The van der Waals surface area contributed by atoms with E-state index in [1.165, 1.54) is 16.6 Å². The summed E-state index contributed by atoms with van der Waals surface area (Å²) in [5, 5.41) is 0.121. The summed E-state index contributed by atoms with van der Waals surface area (Å²) in [5.74, 6) is 0. The average molecular weight is 334 g/mol. The standard InChI is InChI=1S/C11H16BrN3O2S/c1-14-5-2-6-15(8-7-14)18(16,17)11-4-3-10(12)9-13-11/h3-4,9H,2,5-8H2,1H3. The normalized spacial score (nSPS) is 19.7. The highest BCUT2D eigenvalue weighted by molar-refractivity contribution is 9.10. The van der Waals surface area contributed by atoms with E-state index in [2.05, 4.69) is 25.8 Å². The predicted octanol–water partition coefficient (Wildman–Crippen LogP) is 1.17. The van der Waals surface area contributed by atoms with Crippen LogP contribution in [0.5, 0.6) is 0 Å². The second kappa shape index (κ2) is 5.64. The van der Waals surface area contributed by atoms with E-state index in [-0.39, 0.29) is 5.03 Å². The van der Waals surface area contributed by atoms with Crippen LogP contribution < -0.4 is 0 Å². The fourth-order valence-electron chi connectivity index (χ4n) is 1.91. The zero-order valence-electron chi connectivity index (χ0n) is 10.2. The molecule has 0 aromatic carbocycles. The van der Waals surface area contributed by atoms with E-state index in [4.69, 9.17) is 0 Å². The minimum absolute atomic E-state index is 0.121. The first-order valence-corrected chi connectivity index (χ1v) is 8.04. The van der Waals surface area contributed by atoms with Crippen LogP contribution in [0, 0.1) is 0 Å². The van der Waals surface area contributed by atoms with E-state index in [1.54, 1.807) is 6.07 Å². The molecular weight excluding hydrogens is 318 g/mol. The second-order valence-corrected chi connectivity index (χ2v) is 7.18. The van der Waals surface area contributed by atoms with Crippen molar-refractivity contribution in [2.45, 2.75) is 11.4 Å². The van der Waals surface area contributed by atoms with Crippen molar-refractivity contribution in [2.24, 2.45) is 0 Å². The van der Waals surface area contributed by atoms with Crippen molar-refractivity contribution in [3.63, 3.8) is 0 Å². The van der Waals surface area contributed by atoms with E-state index in [0.29, 0.717) is 13.1 Å². The first-order valence-electron chi connectivity index (χ1n) is 5.80. The molecule has 0 spiro atoms. The molecule has 100 valence electrons. The van der Waals surface area contributed by atoms with Crippen LogP contribution in [0.4, 0.5) is 0 Å². The number of aromatic nitrogens is 1. The van der Waals surface area contributed by atoms with Crippen LogP contribution in [0.1, 0.15) is 6.42 Å². The lowest BCUT2D eigenvalue weighted by Gasteiger charge is -2.19. The number of likely N-dealkylation sites (N-methyl/N-ethyl adjacent to an activating group) is 1. The summed E-state index contributed by atoms with van der Waals surface area (Å²) in [6.07, 6.45) is 2.36. The monoisotopic (exact) mass is 333 g/mol. The highest BCUT2D eigenvalue weighted by Gasteiger charge is 2.27. The van der Waals surface area contributed by atoms with Gasteiger partial charge in [-0.3, -0.25) is 0 Å². The summed E-state index contributed by atoms with van der Waals surface area (Å²) < 4.78 is 27.1. The second-order valence-electron chi connectivity index (χ2n) is 4.38. The molecule has 1 aliphatic heterocycles. The van der Waals surface area contributed by atoms with Gasteiger partial charge < -0.3 is 4.90 Å². The molecule has 18 heavy (non-hydrogen) atoms. The van der Waals surface area contributed by atoms with Crippen LogP contribution >= 0.6 is 15.9 Å². The van der Waals surface area contributed by atoms with E-state index in [1.807, 2.05) is 7.05 Å². The topological polar surface area (TPSA) is 53.5 Å². The van der Waals surface area contributed by atoms with Crippen molar-refractivity contribution in [1.82, 2.24) is 14.2 Å². The lowest BCUT2D eigenvalue weighted by molar-refractivity contribution is 0.347. The Balaban J connectivity index is 2.22. The van der Waals surface area contributed by atoms with Gasteiger partial charge in [0.25, 0.3) is 10.0 Å². The summed E-state index contributed by atoms with van der Waals surface area (Å²) in [5.41, 5.74) is 0. The quantitative estimate of drug-likeness (QED) is 0.815. The van der Waals surface area contributed by atoms with E-state index in [0.717, 1.165) is 24.0 Å². The molecular formula is C11H16BrN3O2S. The average Bonchev–Trinajstić information content (AvgIpc) is 2.55. The molecule has 0 unspecified atom stereocenters. The molecule has 0 atom stereocenters. The molecule has 0 saturated carbocycles. The summed E-state index contributed by atoms with van der Waals surface area (Å²) >= 11 is 3.25.